The number of nitrogens with zero attached hydrogens (tertiary/aromatic N) is 2. The van der Waals surface area contributed by atoms with Crippen molar-refractivity contribution in [2.24, 2.45) is 0 Å². The summed E-state index contributed by atoms with van der Waals surface area (Å²) in [7, 11) is 0. The topological polar surface area (TPSA) is 44.0 Å². The highest BCUT2D eigenvalue weighted by Gasteiger charge is 2.15. The molecule has 0 amide bonds. The van der Waals surface area contributed by atoms with Gasteiger partial charge in [-0.25, -0.2) is 9.36 Å². The Balaban J connectivity index is 2.02. The Morgan fingerprint density at radius 3 is 2.52 bits per heavy atom. The molecule has 0 aliphatic rings. The van der Waals surface area contributed by atoms with Gasteiger partial charge in [0.2, 0.25) is 0 Å². The summed E-state index contributed by atoms with van der Waals surface area (Å²) in [5.41, 5.74) is 2.74. The van der Waals surface area contributed by atoms with Crippen molar-refractivity contribution in [3.05, 3.63) is 98.0 Å². The van der Waals surface area contributed by atoms with E-state index in [-0.39, 0.29) is 11.2 Å². The van der Waals surface area contributed by atoms with Gasteiger partial charge in [0.1, 0.15) is 4.70 Å². The van der Waals surface area contributed by atoms with E-state index >= 15 is 0 Å². The summed E-state index contributed by atoms with van der Waals surface area (Å²) in [4.78, 5) is 26.0. The number of rotatable bonds is 3. The summed E-state index contributed by atoms with van der Waals surface area (Å²) in [5, 5.41) is 1.85. The van der Waals surface area contributed by atoms with Crippen LogP contribution in [0, 0.1) is 6.92 Å². The molecule has 4 aromatic rings. The number of hydrogen-bond donors (Lipinski definition) is 0. The third kappa shape index (κ3) is 2.72. The third-order valence-electron chi connectivity index (χ3n) is 4.20. The molecule has 2 aromatic carbocycles. The molecule has 124 valence electrons. The fraction of sp³-hybridized carbons (Fsp3) is 0.100. The number of aryl methyl sites for hydroxylation is 1. The van der Waals surface area contributed by atoms with Crippen LogP contribution in [0.25, 0.3) is 15.9 Å². The highest BCUT2D eigenvalue weighted by molar-refractivity contribution is 7.17. The van der Waals surface area contributed by atoms with E-state index in [9.17, 15) is 9.59 Å². The van der Waals surface area contributed by atoms with Crippen molar-refractivity contribution in [2.45, 2.75) is 13.5 Å². The molecule has 0 fully saturated rings. The molecule has 0 N–H and O–H groups in total. The van der Waals surface area contributed by atoms with Crippen LogP contribution in [0.3, 0.4) is 0 Å². The number of thiophene rings is 1. The van der Waals surface area contributed by atoms with E-state index in [2.05, 4.69) is 0 Å². The largest absolute Gasteiger partial charge is 0.336 e. The summed E-state index contributed by atoms with van der Waals surface area (Å²) in [6.07, 6.45) is 0. The fourth-order valence-corrected chi connectivity index (χ4v) is 3.82. The molecule has 25 heavy (non-hydrogen) atoms. The maximum Gasteiger partial charge on any atom is 0.336 e. The lowest BCUT2D eigenvalue weighted by Gasteiger charge is -2.12. The van der Waals surface area contributed by atoms with Gasteiger partial charge in [0, 0.05) is 0 Å². The molecule has 0 radical (unpaired) electrons. The third-order valence-corrected chi connectivity index (χ3v) is 5.09. The van der Waals surface area contributed by atoms with Crippen molar-refractivity contribution >= 4 is 21.6 Å². The number of hydrogen-bond acceptors (Lipinski definition) is 3. The molecule has 0 saturated carbocycles. The van der Waals surface area contributed by atoms with Crippen molar-refractivity contribution in [3.8, 4) is 5.69 Å². The molecular formula is C20H16N2O2S. The van der Waals surface area contributed by atoms with Crippen LogP contribution in [-0.2, 0) is 6.54 Å². The standard InChI is InChI=1S/C20H16N2O2S/c1-14-6-5-9-16(12-14)22-19(23)18-17(10-11-25-18)21(20(22)24)13-15-7-3-2-4-8-15/h2-12H,13H2,1H3. The SMILES string of the molecule is Cc1cccc(-n2c(=O)c3sccc3n(Cc3ccccc3)c2=O)c1. The Morgan fingerprint density at radius 1 is 0.960 bits per heavy atom. The maximum absolute atomic E-state index is 13.1. The van der Waals surface area contributed by atoms with Crippen LogP contribution < -0.4 is 11.2 Å². The fourth-order valence-electron chi connectivity index (χ4n) is 3.00. The van der Waals surface area contributed by atoms with Gasteiger partial charge < -0.3 is 0 Å². The van der Waals surface area contributed by atoms with Gasteiger partial charge >= 0.3 is 5.69 Å². The molecule has 0 bridgehead atoms. The van der Waals surface area contributed by atoms with Gasteiger partial charge in [0.15, 0.2) is 0 Å². The average molecular weight is 348 g/mol. The Kier molecular flexibility index (Phi) is 3.86. The van der Waals surface area contributed by atoms with Gasteiger partial charge in [0.05, 0.1) is 17.7 Å². The quantitative estimate of drug-likeness (QED) is 0.568. The van der Waals surface area contributed by atoms with E-state index in [1.165, 1.54) is 15.9 Å². The van der Waals surface area contributed by atoms with Crippen LogP contribution in [0.15, 0.2) is 75.6 Å². The molecule has 0 unspecified atom stereocenters. The van der Waals surface area contributed by atoms with E-state index in [0.717, 1.165) is 11.1 Å². The summed E-state index contributed by atoms with van der Waals surface area (Å²) < 4.78 is 3.54. The zero-order valence-electron chi connectivity index (χ0n) is 13.7. The smallest absolute Gasteiger partial charge is 0.288 e. The van der Waals surface area contributed by atoms with Gasteiger partial charge in [-0.05, 0) is 41.6 Å². The zero-order chi connectivity index (χ0) is 17.4. The molecule has 4 rings (SSSR count). The molecule has 5 heteroatoms. The predicted octanol–water partition coefficient (Wildman–Crippen LogP) is 3.57. The molecule has 0 saturated heterocycles. The Morgan fingerprint density at radius 2 is 1.76 bits per heavy atom. The zero-order valence-corrected chi connectivity index (χ0v) is 14.5. The highest BCUT2D eigenvalue weighted by Crippen LogP contribution is 2.17. The second kappa shape index (κ2) is 6.18. The monoisotopic (exact) mass is 348 g/mol. The molecule has 0 atom stereocenters. The van der Waals surface area contributed by atoms with Crippen molar-refractivity contribution in [2.75, 3.05) is 0 Å². The van der Waals surface area contributed by atoms with Crippen LogP contribution in [0.5, 0.6) is 0 Å². The van der Waals surface area contributed by atoms with Crippen LogP contribution in [0.4, 0.5) is 0 Å². The second-order valence-corrected chi connectivity index (χ2v) is 6.88. The van der Waals surface area contributed by atoms with Crippen LogP contribution in [0.2, 0.25) is 0 Å². The van der Waals surface area contributed by atoms with Crippen LogP contribution in [-0.4, -0.2) is 9.13 Å². The summed E-state index contributed by atoms with van der Waals surface area (Å²) in [6.45, 7) is 2.37. The van der Waals surface area contributed by atoms with Gasteiger partial charge in [-0.3, -0.25) is 9.36 Å². The summed E-state index contributed by atoms with van der Waals surface area (Å²) in [5.74, 6) is 0. The molecule has 0 spiro atoms. The minimum Gasteiger partial charge on any atom is -0.288 e. The van der Waals surface area contributed by atoms with Crippen molar-refractivity contribution in [1.29, 1.82) is 0 Å². The molecule has 4 nitrogen and oxygen atoms in total. The Hall–Kier alpha value is -2.92. The Labute approximate surface area is 148 Å². The first-order valence-corrected chi connectivity index (χ1v) is 8.87. The minimum atomic E-state index is -0.314. The summed E-state index contributed by atoms with van der Waals surface area (Å²) >= 11 is 1.37. The van der Waals surface area contributed by atoms with E-state index in [4.69, 9.17) is 0 Å². The van der Waals surface area contributed by atoms with E-state index in [1.807, 2.05) is 66.9 Å². The normalized spacial score (nSPS) is 11.1. The van der Waals surface area contributed by atoms with Gasteiger partial charge in [-0.15, -0.1) is 11.3 Å². The van der Waals surface area contributed by atoms with Crippen molar-refractivity contribution in [3.63, 3.8) is 0 Å². The molecule has 2 heterocycles. The van der Waals surface area contributed by atoms with Gasteiger partial charge in [-0.1, -0.05) is 42.5 Å². The van der Waals surface area contributed by atoms with E-state index < -0.39 is 0 Å². The Bertz CT molecular complexity index is 1170. The van der Waals surface area contributed by atoms with Gasteiger partial charge in [0.25, 0.3) is 5.56 Å². The van der Waals surface area contributed by atoms with E-state index in [1.54, 1.807) is 10.6 Å². The molecular weight excluding hydrogens is 332 g/mol. The average Bonchev–Trinajstić information content (AvgIpc) is 3.10. The molecule has 0 aliphatic heterocycles. The minimum absolute atomic E-state index is 0.259. The van der Waals surface area contributed by atoms with Crippen LogP contribution >= 0.6 is 11.3 Å². The molecule has 2 aromatic heterocycles. The number of fused-ring (bicyclic) bond motifs is 1. The van der Waals surface area contributed by atoms with Crippen LogP contribution in [0.1, 0.15) is 11.1 Å². The van der Waals surface area contributed by atoms with E-state index in [0.29, 0.717) is 22.4 Å². The molecule has 0 aliphatic carbocycles. The first kappa shape index (κ1) is 15.6. The second-order valence-electron chi connectivity index (χ2n) is 5.97. The first-order chi connectivity index (χ1) is 12.1. The maximum atomic E-state index is 13.1. The lowest BCUT2D eigenvalue weighted by atomic mass is 10.2. The lowest BCUT2D eigenvalue weighted by Crippen LogP contribution is -2.38. The highest BCUT2D eigenvalue weighted by atomic mass is 32.1. The number of benzene rings is 2. The lowest BCUT2D eigenvalue weighted by molar-refractivity contribution is 0.716. The van der Waals surface area contributed by atoms with Crippen molar-refractivity contribution in [1.82, 2.24) is 9.13 Å². The number of aromatic nitrogens is 2. The van der Waals surface area contributed by atoms with Crippen molar-refractivity contribution < 1.29 is 0 Å². The summed E-state index contributed by atoms with van der Waals surface area (Å²) in [6, 6.07) is 19.1. The first-order valence-electron chi connectivity index (χ1n) is 7.99. The predicted molar refractivity (Wildman–Crippen MR) is 102 cm³/mol. The van der Waals surface area contributed by atoms with Gasteiger partial charge in [-0.2, -0.15) is 0 Å².